The molecule has 0 aliphatic rings. The van der Waals surface area contributed by atoms with E-state index in [-0.39, 0.29) is 23.0 Å². The lowest BCUT2D eigenvalue weighted by atomic mass is 10.2. The second-order valence-corrected chi connectivity index (χ2v) is 5.47. The Morgan fingerprint density at radius 2 is 2.24 bits per heavy atom. The summed E-state index contributed by atoms with van der Waals surface area (Å²) in [5.41, 5.74) is -0.598. The maximum atomic E-state index is 11.6. The Hall–Kier alpha value is -2.60. The number of nitriles is 1. The van der Waals surface area contributed by atoms with E-state index < -0.39 is 4.92 Å². The standard InChI is InChI=1S/C12H11N5O3S/c1-7(2)16-11(18)14-15-12(16)21-9-3-4-10(17(19)20)8(5-9)6-13/h3-5,7H,1-2H3,(H,14,18). The highest BCUT2D eigenvalue weighted by Crippen LogP contribution is 2.30. The Morgan fingerprint density at radius 1 is 1.52 bits per heavy atom. The van der Waals surface area contributed by atoms with Crippen LogP contribution in [-0.4, -0.2) is 19.7 Å². The maximum Gasteiger partial charge on any atom is 0.344 e. The lowest BCUT2D eigenvalue weighted by Crippen LogP contribution is -2.19. The third kappa shape index (κ3) is 2.95. The fourth-order valence-corrected chi connectivity index (χ4v) is 2.76. The van der Waals surface area contributed by atoms with Gasteiger partial charge in [0.1, 0.15) is 11.6 Å². The van der Waals surface area contributed by atoms with Gasteiger partial charge in [-0.15, -0.1) is 5.10 Å². The van der Waals surface area contributed by atoms with Gasteiger partial charge in [0.05, 0.1) is 4.92 Å². The minimum atomic E-state index is -0.606. The normalized spacial score (nSPS) is 10.6. The van der Waals surface area contributed by atoms with Gasteiger partial charge < -0.3 is 0 Å². The Bertz CT molecular complexity index is 787. The van der Waals surface area contributed by atoms with Crippen molar-refractivity contribution in [2.45, 2.75) is 29.9 Å². The van der Waals surface area contributed by atoms with Crippen molar-refractivity contribution in [3.63, 3.8) is 0 Å². The topological polar surface area (TPSA) is 118 Å². The van der Waals surface area contributed by atoms with Gasteiger partial charge in [-0.3, -0.25) is 14.7 Å². The van der Waals surface area contributed by atoms with Crippen LogP contribution in [-0.2, 0) is 0 Å². The molecule has 0 atom stereocenters. The van der Waals surface area contributed by atoms with E-state index in [0.29, 0.717) is 10.1 Å². The zero-order valence-corrected chi connectivity index (χ0v) is 12.0. The molecule has 0 fully saturated rings. The van der Waals surface area contributed by atoms with Crippen molar-refractivity contribution in [1.82, 2.24) is 14.8 Å². The van der Waals surface area contributed by atoms with E-state index in [2.05, 4.69) is 10.2 Å². The molecule has 0 unspecified atom stereocenters. The van der Waals surface area contributed by atoms with Crippen LogP contribution in [0.1, 0.15) is 25.5 Å². The van der Waals surface area contributed by atoms with E-state index in [1.54, 1.807) is 6.07 Å². The number of rotatable bonds is 4. The van der Waals surface area contributed by atoms with Crippen LogP contribution >= 0.6 is 11.8 Å². The summed E-state index contributed by atoms with van der Waals surface area (Å²) in [4.78, 5) is 22.4. The van der Waals surface area contributed by atoms with E-state index in [0.717, 1.165) is 11.8 Å². The lowest BCUT2D eigenvalue weighted by Gasteiger charge is -2.08. The van der Waals surface area contributed by atoms with Gasteiger partial charge in [-0.2, -0.15) is 5.26 Å². The first-order valence-electron chi connectivity index (χ1n) is 5.97. The van der Waals surface area contributed by atoms with Gasteiger partial charge in [0.25, 0.3) is 5.69 Å². The number of aromatic nitrogens is 3. The molecule has 0 spiro atoms. The smallest absolute Gasteiger partial charge is 0.267 e. The molecule has 21 heavy (non-hydrogen) atoms. The third-order valence-corrected chi connectivity index (χ3v) is 3.64. The van der Waals surface area contributed by atoms with Crippen LogP contribution in [0.4, 0.5) is 5.69 Å². The number of nitro benzene ring substituents is 1. The quantitative estimate of drug-likeness (QED) is 0.682. The zero-order chi connectivity index (χ0) is 15.6. The van der Waals surface area contributed by atoms with Crippen molar-refractivity contribution in [3.8, 4) is 6.07 Å². The highest BCUT2D eigenvalue weighted by atomic mass is 32.2. The van der Waals surface area contributed by atoms with Crippen molar-refractivity contribution in [1.29, 1.82) is 5.26 Å². The molecule has 9 heteroatoms. The highest BCUT2D eigenvalue weighted by Gasteiger charge is 2.17. The van der Waals surface area contributed by atoms with Crippen LogP contribution in [0.15, 0.2) is 33.0 Å². The number of hydrogen-bond donors (Lipinski definition) is 1. The number of nitro groups is 1. The maximum absolute atomic E-state index is 11.6. The summed E-state index contributed by atoms with van der Waals surface area (Å²) >= 11 is 1.16. The summed E-state index contributed by atoms with van der Waals surface area (Å²) in [6, 6.07) is 5.92. The van der Waals surface area contributed by atoms with Gasteiger partial charge in [-0.1, -0.05) is 0 Å². The van der Waals surface area contributed by atoms with Crippen LogP contribution in [0.3, 0.4) is 0 Å². The van der Waals surface area contributed by atoms with E-state index >= 15 is 0 Å². The molecule has 0 saturated carbocycles. The van der Waals surface area contributed by atoms with Crippen molar-refractivity contribution in [2.75, 3.05) is 0 Å². The Labute approximate surface area is 123 Å². The first-order valence-corrected chi connectivity index (χ1v) is 6.79. The van der Waals surface area contributed by atoms with Crippen molar-refractivity contribution in [3.05, 3.63) is 44.4 Å². The molecule has 0 radical (unpaired) electrons. The van der Waals surface area contributed by atoms with Gasteiger partial charge in [0, 0.05) is 17.0 Å². The minimum absolute atomic E-state index is 0.0287. The molecule has 1 heterocycles. The summed E-state index contributed by atoms with van der Waals surface area (Å²) in [5, 5.41) is 26.5. The number of aromatic amines is 1. The Morgan fingerprint density at radius 3 is 2.81 bits per heavy atom. The molecule has 0 aliphatic carbocycles. The average Bonchev–Trinajstić information content (AvgIpc) is 2.79. The molecule has 1 N–H and O–H groups in total. The molecule has 108 valence electrons. The van der Waals surface area contributed by atoms with Crippen LogP contribution in [0, 0.1) is 21.4 Å². The summed E-state index contributed by atoms with van der Waals surface area (Å²) < 4.78 is 1.47. The number of benzene rings is 1. The van der Waals surface area contributed by atoms with Crippen LogP contribution in [0.5, 0.6) is 0 Å². The van der Waals surface area contributed by atoms with Gasteiger partial charge >= 0.3 is 5.69 Å². The SMILES string of the molecule is CC(C)n1c(Sc2ccc([N+](=O)[O-])c(C#N)c2)n[nH]c1=O. The zero-order valence-electron chi connectivity index (χ0n) is 11.2. The van der Waals surface area contributed by atoms with Crippen LogP contribution in [0.25, 0.3) is 0 Å². The number of nitrogens with one attached hydrogen (secondary N) is 1. The van der Waals surface area contributed by atoms with Gasteiger partial charge in [0.15, 0.2) is 5.16 Å². The first-order chi connectivity index (χ1) is 9.93. The lowest BCUT2D eigenvalue weighted by molar-refractivity contribution is -0.385. The monoisotopic (exact) mass is 305 g/mol. The second-order valence-electron chi connectivity index (χ2n) is 4.43. The molecular weight excluding hydrogens is 294 g/mol. The van der Waals surface area contributed by atoms with E-state index in [9.17, 15) is 14.9 Å². The molecule has 0 bridgehead atoms. The second kappa shape index (κ2) is 5.80. The molecule has 1 aromatic carbocycles. The Balaban J connectivity index is 2.40. The number of hydrogen-bond acceptors (Lipinski definition) is 6. The van der Waals surface area contributed by atoms with Crippen molar-refractivity contribution >= 4 is 17.4 Å². The number of H-pyrrole nitrogens is 1. The highest BCUT2D eigenvalue weighted by molar-refractivity contribution is 7.99. The summed E-state index contributed by atoms with van der Waals surface area (Å²) in [6.07, 6.45) is 0. The van der Waals surface area contributed by atoms with Gasteiger partial charge in [-0.05, 0) is 37.7 Å². The Kier molecular flexibility index (Phi) is 4.09. The van der Waals surface area contributed by atoms with Crippen LogP contribution < -0.4 is 5.69 Å². The average molecular weight is 305 g/mol. The van der Waals surface area contributed by atoms with Crippen LogP contribution in [0.2, 0.25) is 0 Å². The summed E-state index contributed by atoms with van der Waals surface area (Å²) in [7, 11) is 0. The van der Waals surface area contributed by atoms with E-state index in [1.807, 2.05) is 13.8 Å². The molecule has 0 aliphatic heterocycles. The van der Waals surface area contributed by atoms with Crippen molar-refractivity contribution < 1.29 is 4.92 Å². The van der Waals surface area contributed by atoms with E-state index in [1.165, 1.54) is 22.8 Å². The minimum Gasteiger partial charge on any atom is -0.267 e. The molecule has 2 rings (SSSR count). The third-order valence-electron chi connectivity index (χ3n) is 2.68. The largest absolute Gasteiger partial charge is 0.344 e. The molecule has 8 nitrogen and oxygen atoms in total. The number of nitrogens with zero attached hydrogens (tertiary/aromatic N) is 4. The molecule has 1 aromatic heterocycles. The summed E-state index contributed by atoms with van der Waals surface area (Å²) in [5.74, 6) is 0. The van der Waals surface area contributed by atoms with Gasteiger partial charge in [0.2, 0.25) is 0 Å². The molecule has 2 aromatic rings. The summed E-state index contributed by atoms with van der Waals surface area (Å²) in [6.45, 7) is 3.69. The predicted molar refractivity (Wildman–Crippen MR) is 75.2 cm³/mol. The first kappa shape index (κ1) is 14.8. The predicted octanol–water partition coefficient (Wildman–Crippen LogP) is 2.08. The molecule has 0 saturated heterocycles. The van der Waals surface area contributed by atoms with Crippen molar-refractivity contribution in [2.24, 2.45) is 0 Å². The van der Waals surface area contributed by atoms with E-state index in [4.69, 9.17) is 5.26 Å². The molecule has 0 amide bonds. The van der Waals surface area contributed by atoms with Gasteiger partial charge in [-0.25, -0.2) is 9.89 Å². The fraction of sp³-hybridized carbons (Fsp3) is 0.250. The fourth-order valence-electron chi connectivity index (χ4n) is 1.75. The molecular formula is C12H11N5O3S.